The molecule has 0 radical (unpaired) electrons. The molecule has 0 unspecified atom stereocenters. The average molecular weight is 809 g/mol. The number of unbranched alkanes of at least 4 members (excludes halogenated alkanes) is 4. The summed E-state index contributed by atoms with van der Waals surface area (Å²) in [7, 11) is -2.82. The average Bonchev–Trinajstić information content (AvgIpc) is 3.10. The molecule has 6 atom stereocenters. The van der Waals surface area contributed by atoms with E-state index in [2.05, 4.69) is 32.0 Å². The lowest BCUT2D eigenvalue weighted by Crippen LogP contribution is -2.66. The van der Waals surface area contributed by atoms with E-state index in [-0.39, 0.29) is 32.5 Å². The van der Waals surface area contributed by atoms with Crippen LogP contribution in [0.15, 0.2) is 50.3 Å². The SMILES string of the molecule is C=CCOC(=O)OC[C@H]1O[C@@H](OC=CC)[C@H](NC(=O)OCC(Cl)(Cl)Cl)[C@@H](OCC[C@@H](CCCCCCC)OC)[C@@H]1OP(=O)(OCC=C)OCC=C. The van der Waals surface area contributed by atoms with Crippen LogP contribution in [0.25, 0.3) is 0 Å². The number of alkyl halides is 3. The third-order valence-electron chi connectivity index (χ3n) is 7.00. The first-order valence-electron chi connectivity index (χ1n) is 16.6. The van der Waals surface area contributed by atoms with E-state index in [0.29, 0.717) is 6.42 Å². The maximum Gasteiger partial charge on any atom is 0.508 e. The van der Waals surface area contributed by atoms with Crippen LogP contribution in [0.4, 0.5) is 9.59 Å². The second-order valence-electron chi connectivity index (χ2n) is 11.0. The predicted molar refractivity (Wildman–Crippen MR) is 194 cm³/mol. The van der Waals surface area contributed by atoms with E-state index in [4.69, 9.17) is 81.5 Å². The van der Waals surface area contributed by atoms with Crippen LogP contribution in [0.3, 0.4) is 0 Å². The number of allylic oxidation sites excluding steroid dienone is 1. The van der Waals surface area contributed by atoms with Crippen LogP contribution in [0, 0.1) is 0 Å². The fourth-order valence-electron chi connectivity index (χ4n) is 4.66. The lowest BCUT2D eigenvalue weighted by Gasteiger charge is -2.45. The van der Waals surface area contributed by atoms with Gasteiger partial charge in [0.1, 0.15) is 44.2 Å². The molecule has 0 bridgehead atoms. The number of nitrogens with one attached hydrogen (secondary N) is 1. The molecule has 294 valence electrons. The van der Waals surface area contributed by atoms with Gasteiger partial charge in [0.25, 0.3) is 0 Å². The van der Waals surface area contributed by atoms with Crippen molar-refractivity contribution in [1.82, 2.24) is 5.32 Å². The highest BCUT2D eigenvalue weighted by Gasteiger charge is 2.53. The standard InChI is InChI=1S/C33H53Cl3NO13P/c1-7-12-13-14-15-16-25(41-6)17-22-42-29-27(37-31(38)46-24-33(34,35)36)30(43-18-8-2)49-26(23-45-32(39)44-19-9-3)28(29)50-51(40,47-20-10-4)48-21-11-5/h8-11,18,25-30H,3-5,7,12-17,19-24H2,1-2,6H3,(H,37,38)/t25-,26-,27-,28-,29-,30-/m1/s1. The molecular weight excluding hydrogens is 756 g/mol. The van der Waals surface area contributed by atoms with Gasteiger partial charge in [-0.25, -0.2) is 14.2 Å². The number of hydrogen-bond donors (Lipinski definition) is 1. The van der Waals surface area contributed by atoms with Crippen molar-refractivity contribution in [2.24, 2.45) is 0 Å². The minimum atomic E-state index is -4.44. The van der Waals surface area contributed by atoms with Gasteiger partial charge in [-0.2, -0.15) is 0 Å². The Bertz CT molecular complexity index is 1090. The molecule has 1 heterocycles. The van der Waals surface area contributed by atoms with Crippen LogP contribution >= 0.6 is 42.6 Å². The van der Waals surface area contributed by atoms with Gasteiger partial charge >= 0.3 is 20.1 Å². The third kappa shape index (κ3) is 20.3. The molecule has 0 saturated carbocycles. The van der Waals surface area contributed by atoms with Gasteiger partial charge in [0.15, 0.2) is 0 Å². The largest absolute Gasteiger partial charge is 0.508 e. The number of alkyl carbamates (subject to hydrolysis) is 1. The number of carbonyl (C=O) groups is 2. The lowest BCUT2D eigenvalue weighted by atomic mass is 9.96. The molecule has 1 amide bonds. The summed E-state index contributed by atoms with van der Waals surface area (Å²) in [5.41, 5.74) is 0. The van der Waals surface area contributed by atoms with E-state index < -0.39 is 67.7 Å². The summed E-state index contributed by atoms with van der Waals surface area (Å²) in [6.45, 7) is 12.9. The van der Waals surface area contributed by atoms with Gasteiger partial charge in [-0.05, 0) is 19.8 Å². The number of ether oxygens (including phenoxy) is 7. The third-order valence-corrected chi connectivity index (χ3v) is 8.76. The van der Waals surface area contributed by atoms with Crippen molar-refractivity contribution in [2.75, 3.05) is 46.8 Å². The number of carbonyl (C=O) groups excluding carboxylic acids is 2. The Labute approximate surface area is 316 Å². The summed E-state index contributed by atoms with van der Waals surface area (Å²) in [6.07, 6.45) is 6.12. The van der Waals surface area contributed by atoms with Crippen LogP contribution in [-0.4, -0.2) is 99.5 Å². The van der Waals surface area contributed by atoms with Crippen molar-refractivity contribution in [3.05, 3.63) is 50.3 Å². The number of phosphoric acid groups is 1. The maximum atomic E-state index is 14.0. The van der Waals surface area contributed by atoms with Crippen LogP contribution in [0.2, 0.25) is 0 Å². The number of hydrogen-bond acceptors (Lipinski definition) is 13. The molecule has 0 aromatic heterocycles. The fourth-order valence-corrected chi connectivity index (χ4v) is 6.15. The highest BCUT2D eigenvalue weighted by Crippen LogP contribution is 2.52. The molecule has 1 aliphatic heterocycles. The second-order valence-corrected chi connectivity index (χ2v) is 15.2. The van der Waals surface area contributed by atoms with Crippen molar-refractivity contribution in [2.45, 2.75) is 99.3 Å². The Morgan fingerprint density at radius 2 is 1.61 bits per heavy atom. The topological polar surface area (TPSA) is 156 Å². The van der Waals surface area contributed by atoms with E-state index in [1.54, 1.807) is 20.1 Å². The quantitative estimate of drug-likeness (QED) is 0.0212. The Hall–Kier alpha value is -1.84. The lowest BCUT2D eigenvalue weighted by molar-refractivity contribution is -0.261. The highest BCUT2D eigenvalue weighted by molar-refractivity contribution is 7.48. The molecule has 14 nitrogen and oxygen atoms in total. The zero-order valence-corrected chi connectivity index (χ0v) is 32.7. The van der Waals surface area contributed by atoms with Crippen LogP contribution < -0.4 is 5.32 Å². The summed E-state index contributed by atoms with van der Waals surface area (Å²) in [4.78, 5) is 25.4. The first-order valence-corrected chi connectivity index (χ1v) is 19.2. The molecular formula is C33H53Cl3NO13P. The van der Waals surface area contributed by atoms with Gasteiger partial charge in [0.2, 0.25) is 10.1 Å². The van der Waals surface area contributed by atoms with Crippen LogP contribution in [0.5, 0.6) is 0 Å². The molecule has 0 spiro atoms. The van der Waals surface area contributed by atoms with Crippen molar-refractivity contribution in [3.8, 4) is 0 Å². The summed E-state index contributed by atoms with van der Waals surface area (Å²) >= 11 is 17.4. The van der Waals surface area contributed by atoms with Crippen molar-refractivity contribution in [3.63, 3.8) is 0 Å². The highest BCUT2D eigenvalue weighted by atomic mass is 35.6. The summed E-state index contributed by atoms with van der Waals surface area (Å²) < 4.78 is 68.4. The molecule has 18 heteroatoms. The van der Waals surface area contributed by atoms with E-state index in [0.717, 1.165) is 38.5 Å². The Morgan fingerprint density at radius 3 is 2.20 bits per heavy atom. The molecule has 1 fully saturated rings. The van der Waals surface area contributed by atoms with Gasteiger partial charge in [-0.1, -0.05) is 105 Å². The van der Waals surface area contributed by atoms with E-state index >= 15 is 0 Å². The molecule has 0 aromatic carbocycles. The minimum absolute atomic E-state index is 0.0655. The first-order chi connectivity index (χ1) is 24.4. The number of phosphoric ester groups is 1. The normalized spacial score (nSPS) is 21.4. The van der Waals surface area contributed by atoms with Gasteiger partial charge in [-0.3, -0.25) is 13.6 Å². The van der Waals surface area contributed by atoms with Crippen molar-refractivity contribution < 1.29 is 60.9 Å². The molecule has 1 rings (SSSR count). The molecule has 1 saturated heterocycles. The zero-order valence-electron chi connectivity index (χ0n) is 29.6. The number of methoxy groups -OCH3 is 1. The van der Waals surface area contributed by atoms with Crippen LogP contribution in [-0.2, 0) is 51.3 Å². The van der Waals surface area contributed by atoms with Gasteiger partial charge in [0.05, 0.1) is 25.6 Å². The Balaban J connectivity index is 3.59. The fraction of sp³-hybridized carbons (Fsp3) is 0.697. The molecule has 1 N–H and O–H groups in total. The van der Waals surface area contributed by atoms with E-state index in [9.17, 15) is 14.2 Å². The summed E-state index contributed by atoms with van der Waals surface area (Å²) in [5, 5.41) is 2.62. The maximum absolute atomic E-state index is 14.0. The molecule has 0 aromatic rings. The second kappa shape index (κ2) is 26.9. The van der Waals surface area contributed by atoms with E-state index in [1.807, 2.05) is 0 Å². The summed E-state index contributed by atoms with van der Waals surface area (Å²) in [5.74, 6) is 0. The van der Waals surface area contributed by atoms with Crippen LogP contribution in [0.1, 0.15) is 58.8 Å². The van der Waals surface area contributed by atoms with Crippen molar-refractivity contribution in [1.29, 1.82) is 0 Å². The smallest absolute Gasteiger partial charge is 0.471 e. The first kappa shape index (κ1) is 47.2. The van der Waals surface area contributed by atoms with Gasteiger partial charge in [-0.15, -0.1) is 13.2 Å². The number of rotatable bonds is 27. The van der Waals surface area contributed by atoms with E-state index in [1.165, 1.54) is 24.5 Å². The molecule has 0 aliphatic carbocycles. The molecule has 51 heavy (non-hydrogen) atoms. The minimum Gasteiger partial charge on any atom is -0.471 e. The number of amides is 1. The monoisotopic (exact) mass is 807 g/mol. The van der Waals surface area contributed by atoms with Crippen molar-refractivity contribution >= 4 is 54.9 Å². The van der Waals surface area contributed by atoms with Gasteiger partial charge in [0, 0.05) is 13.7 Å². The number of halogens is 3. The van der Waals surface area contributed by atoms with Gasteiger partial charge < -0.3 is 38.5 Å². The Kier molecular flexibility index (Phi) is 24.8. The summed E-state index contributed by atoms with van der Waals surface area (Å²) in [6, 6.07) is -1.24. The zero-order chi connectivity index (χ0) is 38.1. The molecule has 1 aliphatic rings. The predicted octanol–water partition coefficient (Wildman–Crippen LogP) is 8.12. The Morgan fingerprint density at radius 1 is 0.941 bits per heavy atom.